The molecule has 0 unspecified atom stereocenters. The van der Waals surface area contributed by atoms with Crippen LogP contribution < -0.4 is 0 Å². The first-order valence-corrected chi connectivity index (χ1v) is 11.4. The zero-order valence-corrected chi connectivity index (χ0v) is 17.4. The van der Waals surface area contributed by atoms with Crippen LogP contribution in [0.2, 0.25) is 0 Å². The molecule has 0 bridgehead atoms. The van der Waals surface area contributed by atoms with Gasteiger partial charge in [-0.1, -0.05) is 13.8 Å². The van der Waals surface area contributed by atoms with E-state index in [-0.39, 0.29) is 10.6 Å². The van der Waals surface area contributed by atoms with E-state index < -0.39 is 14.9 Å². The number of nitrogens with zero attached hydrogens (tertiary/aromatic N) is 4. The van der Waals surface area contributed by atoms with Crippen LogP contribution in [0.1, 0.15) is 38.9 Å². The third kappa shape index (κ3) is 4.53. The van der Waals surface area contributed by atoms with Crippen LogP contribution in [0, 0.1) is 16.0 Å². The minimum atomic E-state index is -3.75. The van der Waals surface area contributed by atoms with Crippen molar-refractivity contribution in [3.05, 3.63) is 34.1 Å². The van der Waals surface area contributed by atoms with Crippen LogP contribution in [0.15, 0.2) is 33.1 Å². The average Bonchev–Trinajstić information content (AvgIpc) is 3.09. The highest BCUT2D eigenvalue weighted by molar-refractivity contribution is 7.99. The SMILES string of the molecule is CCCc1nc(Sc2ccc(S(=O)(=O)N3CCC(C)CC3)cc2[N+](=O)[O-])n[nH]1. The van der Waals surface area contributed by atoms with E-state index in [1.54, 1.807) is 0 Å². The van der Waals surface area contributed by atoms with Crippen molar-refractivity contribution < 1.29 is 13.3 Å². The van der Waals surface area contributed by atoms with E-state index in [2.05, 4.69) is 22.1 Å². The topological polar surface area (TPSA) is 122 Å². The van der Waals surface area contributed by atoms with E-state index in [9.17, 15) is 18.5 Å². The fourth-order valence-electron chi connectivity index (χ4n) is 3.03. The minimum Gasteiger partial charge on any atom is -0.262 e. The first-order valence-electron chi connectivity index (χ1n) is 9.19. The number of nitrogens with one attached hydrogen (secondary N) is 1. The second-order valence-corrected chi connectivity index (χ2v) is 9.84. The molecule has 0 atom stereocenters. The van der Waals surface area contributed by atoms with Crippen LogP contribution in [0.25, 0.3) is 0 Å². The summed E-state index contributed by atoms with van der Waals surface area (Å²) in [7, 11) is -3.75. The molecule has 1 aromatic carbocycles. The Balaban J connectivity index is 1.87. The third-order valence-corrected chi connectivity index (χ3v) is 7.53. The fourth-order valence-corrected chi connectivity index (χ4v) is 5.34. The second kappa shape index (κ2) is 8.58. The fraction of sp³-hybridized carbons (Fsp3) is 0.529. The van der Waals surface area contributed by atoms with Gasteiger partial charge in [0.25, 0.3) is 5.69 Å². The third-order valence-electron chi connectivity index (χ3n) is 4.71. The molecule has 0 radical (unpaired) electrons. The second-order valence-electron chi connectivity index (χ2n) is 6.89. The maximum Gasteiger partial charge on any atom is 0.284 e. The van der Waals surface area contributed by atoms with Crippen molar-refractivity contribution in [3.63, 3.8) is 0 Å². The number of nitro benzene ring substituents is 1. The molecule has 0 spiro atoms. The lowest BCUT2D eigenvalue weighted by molar-refractivity contribution is -0.388. The quantitative estimate of drug-likeness (QED) is 0.534. The summed E-state index contributed by atoms with van der Waals surface area (Å²) < 4.78 is 27.2. The Kier molecular flexibility index (Phi) is 6.36. The van der Waals surface area contributed by atoms with Crippen LogP contribution in [0.3, 0.4) is 0 Å². The number of aromatic amines is 1. The summed E-state index contributed by atoms with van der Waals surface area (Å²) in [5.41, 5.74) is -0.265. The molecule has 1 aromatic heterocycles. The van der Waals surface area contributed by atoms with Crippen LogP contribution in [0.4, 0.5) is 5.69 Å². The van der Waals surface area contributed by atoms with E-state index in [1.807, 2.05) is 6.92 Å². The number of benzene rings is 1. The highest BCUT2D eigenvalue weighted by Crippen LogP contribution is 2.35. The number of H-pyrrole nitrogens is 1. The normalized spacial score (nSPS) is 16.4. The summed E-state index contributed by atoms with van der Waals surface area (Å²) in [5, 5.41) is 18.8. The molecule has 0 aliphatic carbocycles. The molecular formula is C17H23N5O4S2. The number of hydrogen-bond donors (Lipinski definition) is 1. The predicted octanol–water partition coefficient (Wildman–Crippen LogP) is 3.24. The molecule has 2 heterocycles. The molecule has 2 aromatic rings. The first-order chi connectivity index (χ1) is 13.3. The molecule has 0 saturated carbocycles. The van der Waals surface area contributed by atoms with Crippen LogP contribution in [-0.2, 0) is 16.4 Å². The van der Waals surface area contributed by atoms with Crippen LogP contribution >= 0.6 is 11.8 Å². The van der Waals surface area contributed by atoms with Crippen LogP contribution in [-0.4, -0.2) is 45.9 Å². The number of piperidine rings is 1. The lowest BCUT2D eigenvalue weighted by atomic mass is 10.0. The van der Waals surface area contributed by atoms with Gasteiger partial charge in [0.05, 0.1) is 14.7 Å². The van der Waals surface area contributed by atoms with Crippen molar-refractivity contribution in [1.82, 2.24) is 19.5 Å². The zero-order valence-electron chi connectivity index (χ0n) is 15.8. The molecule has 0 amide bonds. The van der Waals surface area contributed by atoms with Crippen molar-refractivity contribution in [2.24, 2.45) is 5.92 Å². The summed E-state index contributed by atoms with van der Waals surface area (Å²) in [6.45, 7) is 4.98. The molecule has 1 aliphatic rings. The summed E-state index contributed by atoms with van der Waals surface area (Å²) in [5.74, 6) is 1.20. The van der Waals surface area contributed by atoms with E-state index in [4.69, 9.17) is 0 Å². The lowest BCUT2D eigenvalue weighted by Gasteiger charge is -2.29. The Hall–Kier alpha value is -1.98. The highest BCUT2D eigenvalue weighted by Gasteiger charge is 2.30. The predicted molar refractivity (Wildman–Crippen MR) is 105 cm³/mol. The highest BCUT2D eigenvalue weighted by atomic mass is 32.2. The standard InChI is InChI=1S/C17H23N5O4S2/c1-3-4-16-18-17(20-19-16)27-15-6-5-13(11-14(15)22(23)24)28(25,26)21-9-7-12(2)8-10-21/h5-6,11-12H,3-4,7-10H2,1-2H3,(H,18,19,20). The summed E-state index contributed by atoms with van der Waals surface area (Å²) in [4.78, 5) is 15.5. The molecule has 1 N–H and O–H groups in total. The average molecular weight is 426 g/mol. The van der Waals surface area contributed by atoms with E-state index >= 15 is 0 Å². The molecule has 9 nitrogen and oxygen atoms in total. The Labute approximate surface area is 168 Å². The molecular weight excluding hydrogens is 402 g/mol. The van der Waals surface area contributed by atoms with Crippen LogP contribution in [0.5, 0.6) is 0 Å². The van der Waals surface area contributed by atoms with Gasteiger partial charge >= 0.3 is 0 Å². The number of sulfonamides is 1. The summed E-state index contributed by atoms with van der Waals surface area (Å²) in [6, 6.07) is 4.01. The van der Waals surface area contributed by atoms with Gasteiger partial charge in [-0.25, -0.2) is 13.4 Å². The maximum atomic E-state index is 12.9. The number of rotatable bonds is 7. The van der Waals surface area contributed by atoms with Crippen molar-refractivity contribution >= 4 is 27.5 Å². The lowest BCUT2D eigenvalue weighted by Crippen LogP contribution is -2.37. The van der Waals surface area contributed by atoms with Crippen molar-refractivity contribution in [1.29, 1.82) is 0 Å². The van der Waals surface area contributed by atoms with Gasteiger partial charge in [0.1, 0.15) is 5.82 Å². The maximum absolute atomic E-state index is 12.9. The zero-order chi connectivity index (χ0) is 20.3. The van der Waals surface area contributed by atoms with E-state index in [1.165, 1.54) is 16.4 Å². The number of hydrogen-bond acceptors (Lipinski definition) is 7. The Bertz CT molecular complexity index is 952. The number of nitro groups is 1. The van der Waals surface area contributed by atoms with Gasteiger partial charge in [0.15, 0.2) is 0 Å². The van der Waals surface area contributed by atoms with Crippen molar-refractivity contribution in [2.75, 3.05) is 13.1 Å². The number of aromatic nitrogens is 3. The van der Waals surface area contributed by atoms with E-state index in [0.29, 0.717) is 34.9 Å². The summed E-state index contributed by atoms with van der Waals surface area (Å²) in [6.07, 6.45) is 3.23. The van der Waals surface area contributed by atoms with E-state index in [0.717, 1.165) is 43.5 Å². The minimum absolute atomic E-state index is 0.0558. The molecule has 1 fully saturated rings. The van der Waals surface area contributed by atoms with Crippen molar-refractivity contribution in [2.45, 2.75) is 54.5 Å². The van der Waals surface area contributed by atoms with Gasteiger partial charge < -0.3 is 0 Å². The van der Waals surface area contributed by atoms with Gasteiger partial charge in [-0.2, -0.15) is 4.31 Å². The van der Waals surface area contributed by atoms with Gasteiger partial charge in [-0.3, -0.25) is 15.2 Å². The molecule has 28 heavy (non-hydrogen) atoms. The molecule has 3 rings (SSSR count). The Morgan fingerprint density at radius 2 is 2.07 bits per heavy atom. The molecule has 11 heteroatoms. The monoisotopic (exact) mass is 425 g/mol. The Morgan fingerprint density at radius 3 is 2.71 bits per heavy atom. The van der Waals surface area contributed by atoms with Gasteiger partial charge in [-0.15, -0.1) is 5.10 Å². The van der Waals surface area contributed by atoms with Gasteiger partial charge in [-0.05, 0) is 49.1 Å². The molecule has 152 valence electrons. The molecule has 1 aliphatic heterocycles. The first kappa shape index (κ1) is 20.7. The smallest absolute Gasteiger partial charge is 0.262 e. The largest absolute Gasteiger partial charge is 0.284 e. The molecule has 1 saturated heterocycles. The van der Waals surface area contributed by atoms with Crippen molar-refractivity contribution in [3.8, 4) is 0 Å². The van der Waals surface area contributed by atoms with Gasteiger partial charge in [0.2, 0.25) is 15.2 Å². The van der Waals surface area contributed by atoms with Gasteiger partial charge in [0, 0.05) is 25.6 Å². The summed E-state index contributed by atoms with van der Waals surface area (Å²) >= 11 is 1.04. The number of aryl methyl sites for hydroxylation is 1. The Morgan fingerprint density at radius 1 is 1.36 bits per heavy atom.